The van der Waals surface area contributed by atoms with Crippen molar-refractivity contribution in [2.75, 3.05) is 13.7 Å². The van der Waals surface area contributed by atoms with Crippen LogP contribution in [0.1, 0.15) is 94.4 Å². The van der Waals surface area contributed by atoms with Gasteiger partial charge >= 0.3 is 6.18 Å². The molecule has 0 saturated heterocycles. The molecule has 3 rings (SSSR count). The summed E-state index contributed by atoms with van der Waals surface area (Å²) in [5.74, 6) is 0.0198. The third kappa shape index (κ3) is 8.10. The fourth-order valence-corrected chi connectivity index (χ4v) is 8.38. The molecular formula is C28H42F3N3O4S2. The van der Waals surface area contributed by atoms with Crippen LogP contribution in [0.3, 0.4) is 0 Å². The maximum Gasteiger partial charge on any atom is 0.418 e. The van der Waals surface area contributed by atoms with Crippen LogP contribution in [0.4, 0.5) is 13.2 Å². The van der Waals surface area contributed by atoms with Gasteiger partial charge in [-0.25, -0.2) is 13.1 Å². The van der Waals surface area contributed by atoms with Gasteiger partial charge in [-0.1, -0.05) is 39.0 Å². The zero-order chi connectivity index (χ0) is 29.9. The first-order valence-electron chi connectivity index (χ1n) is 13.8. The van der Waals surface area contributed by atoms with Crippen molar-refractivity contribution >= 4 is 27.3 Å². The minimum atomic E-state index is -4.87. The van der Waals surface area contributed by atoms with E-state index in [-0.39, 0.29) is 16.8 Å². The number of halogens is 3. The second kappa shape index (κ2) is 13.0. The maximum atomic E-state index is 14.1. The molecule has 1 amide bonds. The number of hydrogen-bond acceptors (Lipinski definition) is 5. The molecule has 0 bridgehead atoms. The zero-order valence-corrected chi connectivity index (χ0v) is 25.8. The summed E-state index contributed by atoms with van der Waals surface area (Å²) in [6.45, 7) is 7.18. The van der Waals surface area contributed by atoms with Gasteiger partial charge in [0.15, 0.2) is 0 Å². The SMILES string of the molecule is CCC(CCOC)NC(=O)c1cc(-c2cc(C(F)(F)F)c(S(=O)(=O)NC(C)(C)C)s2)c(CC2CCCCC2)n1C. The molecule has 1 aliphatic rings. The van der Waals surface area contributed by atoms with Crippen LogP contribution in [0.5, 0.6) is 0 Å². The monoisotopic (exact) mass is 605 g/mol. The number of sulfonamides is 1. The summed E-state index contributed by atoms with van der Waals surface area (Å²) < 4.78 is 77.1. The number of carbonyl (C=O) groups is 1. The van der Waals surface area contributed by atoms with Crippen LogP contribution < -0.4 is 10.0 Å². The van der Waals surface area contributed by atoms with E-state index < -0.39 is 31.5 Å². The summed E-state index contributed by atoms with van der Waals surface area (Å²) >= 11 is 0.595. The van der Waals surface area contributed by atoms with Crippen molar-refractivity contribution < 1.29 is 31.1 Å². The highest BCUT2D eigenvalue weighted by molar-refractivity contribution is 7.91. The van der Waals surface area contributed by atoms with Crippen LogP contribution in [0.2, 0.25) is 0 Å². The summed E-state index contributed by atoms with van der Waals surface area (Å²) in [4.78, 5) is 13.6. The van der Waals surface area contributed by atoms with E-state index in [9.17, 15) is 26.4 Å². The zero-order valence-electron chi connectivity index (χ0n) is 24.2. The fourth-order valence-electron chi connectivity index (χ4n) is 5.24. The molecule has 40 heavy (non-hydrogen) atoms. The summed E-state index contributed by atoms with van der Waals surface area (Å²) in [5, 5.41) is 3.02. The van der Waals surface area contributed by atoms with Gasteiger partial charge in [0.2, 0.25) is 0 Å². The Kier molecular flexibility index (Phi) is 10.6. The van der Waals surface area contributed by atoms with E-state index in [2.05, 4.69) is 10.0 Å². The summed E-state index contributed by atoms with van der Waals surface area (Å²) in [5.41, 5.74) is -0.626. The molecule has 1 atom stereocenters. The molecule has 2 aromatic rings. The first-order chi connectivity index (χ1) is 18.6. The summed E-state index contributed by atoms with van der Waals surface area (Å²) in [6.07, 6.45) is 2.42. The molecule has 226 valence electrons. The van der Waals surface area contributed by atoms with Crippen molar-refractivity contribution in [1.82, 2.24) is 14.6 Å². The molecule has 1 aliphatic carbocycles. The minimum absolute atomic E-state index is 0.119. The number of ether oxygens (including phenoxy) is 1. The predicted molar refractivity (Wildman–Crippen MR) is 152 cm³/mol. The van der Waals surface area contributed by atoms with Gasteiger partial charge in [0.05, 0.1) is 5.56 Å². The van der Waals surface area contributed by atoms with Gasteiger partial charge in [-0.05, 0) is 58.1 Å². The molecule has 1 saturated carbocycles. The first-order valence-corrected chi connectivity index (χ1v) is 16.1. The van der Waals surface area contributed by atoms with Crippen molar-refractivity contribution in [2.24, 2.45) is 13.0 Å². The number of methoxy groups -OCH3 is 1. The van der Waals surface area contributed by atoms with Gasteiger partial charge in [-0.3, -0.25) is 4.79 Å². The molecule has 12 heteroatoms. The summed E-state index contributed by atoms with van der Waals surface area (Å²) in [7, 11) is -1.11. The smallest absolute Gasteiger partial charge is 0.385 e. The molecular weight excluding hydrogens is 563 g/mol. The Morgan fingerprint density at radius 3 is 2.38 bits per heavy atom. The average Bonchev–Trinajstić information content (AvgIpc) is 3.44. The van der Waals surface area contributed by atoms with E-state index in [1.807, 2.05) is 6.92 Å². The number of aromatic nitrogens is 1. The van der Waals surface area contributed by atoms with Crippen LogP contribution >= 0.6 is 11.3 Å². The Labute approximate surface area is 239 Å². The lowest BCUT2D eigenvalue weighted by Crippen LogP contribution is -2.40. The van der Waals surface area contributed by atoms with Crippen molar-refractivity contribution in [3.63, 3.8) is 0 Å². The second-order valence-corrected chi connectivity index (χ2v) is 14.6. The highest BCUT2D eigenvalue weighted by Crippen LogP contribution is 2.45. The molecule has 0 aliphatic heterocycles. The van der Waals surface area contributed by atoms with Crippen LogP contribution in [0, 0.1) is 5.92 Å². The minimum Gasteiger partial charge on any atom is -0.385 e. The third-order valence-electron chi connectivity index (χ3n) is 7.25. The van der Waals surface area contributed by atoms with Gasteiger partial charge in [0.25, 0.3) is 15.9 Å². The Balaban J connectivity index is 2.13. The molecule has 1 fully saturated rings. The standard InChI is InChI=1S/C28H42F3N3O4S2/c1-7-19(13-14-38-6)32-25(35)23-16-20(22(34(23)5)15-18-11-9-8-10-12-18)24-17-21(28(29,30)31)26(39-24)40(36,37)33-27(2,3)4/h16-19,33H,7-15H2,1-6H3,(H,32,35). The lowest BCUT2D eigenvalue weighted by atomic mass is 9.85. The number of thiophene rings is 1. The largest absolute Gasteiger partial charge is 0.418 e. The van der Waals surface area contributed by atoms with E-state index in [4.69, 9.17) is 4.74 Å². The average molecular weight is 606 g/mol. The highest BCUT2D eigenvalue weighted by Gasteiger charge is 2.41. The predicted octanol–water partition coefficient (Wildman–Crippen LogP) is 6.52. The molecule has 1 unspecified atom stereocenters. The lowest BCUT2D eigenvalue weighted by molar-refractivity contribution is -0.139. The van der Waals surface area contributed by atoms with Crippen LogP contribution in [-0.4, -0.2) is 44.2 Å². The van der Waals surface area contributed by atoms with Gasteiger partial charge in [-0.15, -0.1) is 11.3 Å². The highest BCUT2D eigenvalue weighted by atomic mass is 32.2. The van der Waals surface area contributed by atoms with E-state index >= 15 is 0 Å². The van der Waals surface area contributed by atoms with Crippen molar-refractivity contribution in [3.8, 4) is 10.4 Å². The van der Waals surface area contributed by atoms with E-state index in [0.717, 1.165) is 43.9 Å². The van der Waals surface area contributed by atoms with Gasteiger partial charge < -0.3 is 14.6 Å². The number of carbonyl (C=O) groups excluding carboxylic acids is 1. The topological polar surface area (TPSA) is 89.4 Å². The normalized spacial score (nSPS) is 16.3. The maximum absolute atomic E-state index is 14.1. The molecule has 0 spiro atoms. The number of amides is 1. The summed E-state index contributed by atoms with van der Waals surface area (Å²) in [6, 6.07) is 2.40. The Morgan fingerprint density at radius 2 is 1.82 bits per heavy atom. The number of rotatable bonds is 11. The quantitative estimate of drug-likeness (QED) is 0.305. The number of hydrogen-bond donors (Lipinski definition) is 2. The number of nitrogens with zero attached hydrogens (tertiary/aromatic N) is 1. The van der Waals surface area contributed by atoms with Crippen LogP contribution in [0.25, 0.3) is 10.4 Å². The molecule has 0 radical (unpaired) electrons. The third-order valence-corrected chi connectivity index (χ3v) is 10.7. The van der Waals surface area contributed by atoms with Crippen molar-refractivity contribution in [3.05, 3.63) is 29.1 Å². The van der Waals surface area contributed by atoms with Crippen molar-refractivity contribution in [2.45, 2.75) is 101 Å². The number of alkyl halides is 3. The molecule has 2 heterocycles. The van der Waals surface area contributed by atoms with Crippen LogP contribution in [-0.2, 0) is 34.4 Å². The van der Waals surface area contributed by atoms with Gasteiger partial charge in [0.1, 0.15) is 9.90 Å². The van der Waals surface area contributed by atoms with Gasteiger partial charge in [-0.2, -0.15) is 13.2 Å². The fraction of sp³-hybridized carbons (Fsp3) is 0.679. The molecule has 7 nitrogen and oxygen atoms in total. The first kappa shape index (κ1) is 32.6. The van der Waals surface area contributed by atoms with Gasteiger partial charge in [0, 0.05) is 48.5 Å². The number of nitrogens with one attached hydrogen (secondary N) is 2. The second-order valence-electron chi connectivity index (χ2n) is 11.7. The molecule has 0 aromatic carbocycles. The van der Waals surface area contributed by atoms with E-state index in [1.165, 1.54) is 0 Å². The lowest BCUT2D eigenvalue weighted by Gasteiger charge is -2.23. The Hall–Kier alpha value is -1.89. The van der Waals surface area contributed by atoms with E-state index in [1.54, 1.807) is 45.6 Å². The van der Waals surface area contributed by atoms with Crippen molar-refractivity contribution in [1.29, 1.82) is 0 Å². The Morgan fingerprint density at radius 1 is 1.18 bits per heavy atom. The van der Waals surface area contributed by atoms with E-state index in [0.29, 0.717) is 54.4 Å². The Bertz CT molecular complexity index is 1270. The van der Waals surface area contributed by atoms with Crippen LogP contribution in [0.15, 0.2) is 16.3 Å². The molecule has 2 N–H and O–H groups in total. The molecule has 2 aromatic heterocycles.